The van der Waals surface area contributed by atoms with Gasteiger partial charge in [0.25, 0.3) is 11.1 Å². The van der Waals surface area contributed by atoms with Crippen molar-refractivity contribution >= 4 is 45.9 Å². The third-order valence-electron chi connectivity index (χ3n) is 4.87. The van der Waals surface area contributed by atoms with Crippen LogP contribution in [0.25, 0.3) is 17.0 Å². The maximum Gasteiger partial charge on any atom is 0.326 e. The summed E-state index contributed by atoms with van der Waals surface area (Å²) in [5, 5.41) is 0.357. The van der Waals surface area contributed by atoms with Crippen LogP contribution in [0.4, 0.5) is 9.18 Å². The van der Waals surface area contributed by atoms with Gasteiger partial charge in [0.1, 0.15) is 12.4 Å². The van der Waals surface area contributed by atoms with Gasteiger partial charge in [0, 0.05) is 28.2 Å². The number of benzene rings is 2. The molecule has 0 bridgehead atoms. The third kappa shape index (κ3) is 4.25. The SMILES string of the molecule is CCOC(=O)CN1C(=O)SC(=Cc2cn(Cc3ccccc3F)c3ccccc23)C1=O. The molecule has 0 radical (unpaired) electrons. The number of amides is 2. The van der Waals surface area contributed by atoms with Crippen molar-refractivity contribution in [1.82, 2.24) is 9.47 Å². The van der Waals surface area contributed by atoms with Crippen molar-refractivity contribution in [2.75, 3.05) is 13.2 Å². The molecule has 0 saturated carbocycles. The highest BCUT2D eigenvalue weighted by Gasteiger charge is 2.36. The minimum Gasteiger partial charge on any atom is -0.465 e. The standard InChI is InChI=1S/C23H19FN2O4S/c1-2-30-21(27)14-26-22(28)20(31-23(26)29)11-16-13-25(19-10-6-4-8-17(16)19)12-15-7-3-5-9-18(15)24/h3-11,13H,2,12,14H2,1H3. The maximum absolute atomic E-state index is 14.2. The van der Waals surface area contributed by atoms with Crippen LogP contribution in [-0.4, -0.2) is 39.7 Å². The summed E-state index contributed by atoms with van der Waals surface area (Å²) in [5.74, 6) is -1.46. The number of rotatable bonds is 6. The lowest BCUT2D eigenvalue weighted by molar-refractivity contribution is -0.145. The summed E-state index contributed by atoms with van der Waals surface area (Å²) >= 11 is 0.782. The summed E-state index contributed by atoms with van der Waals surface area (Å²) in [6.07, 6.45) is 3.46. The first-order valence-corrected chi connectivity index (χ1v) is 10.5. The largest absolute Gasteiger partial charge is 0.465 e. The molecule has 1 aliphatic rings. The Labute approximate surface area is 182 Å². The number of hydrogen-bond acceptors (Lipinski definition) is 5. The van der Waals surface area contributed by atoms with Crippen LogP contribution in [0.5, 0.6) is 0 Å². The predicted octanol–water partition coefficient (Wildman–Crippen LogP) is 4.43. The Morgan fingerprint density at radius 2 is 1.87 bits per heavy atom. The minimum atomic E-state index is -0.632. The summed E-state index contributed by atoms with van der Waals surface area (Å²) in [5.41, 5.74) is 2.15. The van der Waals surface area contributed by atoms with Gasteiger partial charge in [0.15, 0.2) is 0 Å². The van der Waals surface area contributed by atoms with Crippen LogP contribution in [0.2, 0.25) is 0 Å². The molecule has 1 aromatic heterocycles. The normalized spacial score (nSPS) is 15.3. The Morgan fingerprint density at radius 1 is 1.13 bits per heavy atom. The monoisotopic (exact) mass is 438 g/mol. The molecule has 0 unspecified atom stereocenters. The van der Waals surface area contributed by atoms with Crippen LogP contribution in [0, 0.1) is 5.82 Å². The number of carbonyl (C=O) groups is 3. The van der Waals surface area contributed by atoms with Crippen LogP contribution in [0.3, 0.4) is 0 Å². The molecule has 1 fully saturated rings. The number of thioether (sulfide) groups is 1. The fourth-order valence-corrected chi connectivity index (χ4v) is 4.27. The predicted molar refractivity (Wildman–Crippen MR) is 117 cm³/mol. The molecule has 31 heavy (non-hydrogen) atoms. The lowest BCUT2D eigenvalue weighted by Gasteiger charge is -2.10. The van der Waals surface area contributed by atoms with Crippen LogP contribution < -0.4 is 0 Å². The molecular weight excluding hydrogens is 419 g/mol. The highest BCUT2D eigenvalue weighted by atomic mass is 32.2. The van der Waals surface area contributed by atoms with E-state index in [2.05, 4.69) is 0 Å². The molecule has 3 aromatic rings. The van der Waals surface area contributed by atoms with Crippen molar-refractivity contribution in [3.63, 3.8) is 0 Å². The zero-order valence-electron chi connectivity index (χ0n) is 16.7. The molecule has 8 heteroatoms. The van der Waals surface area contributed by atoms with Crippen LogP contribution in [0.15, 0.2) is 59.6 Å². The number of aromatic nitrogens is 1. The molecule has 2 heterocycles. The van der Waals surface area contributed by atoms with Crippen LogP contribution in [-0.2, 0) is 20.9 Å². The topological polar surface area (TPSA) is 68.6 Å². The second-order valence-corrected chi connectivity index (χ2v) is 7.89. The van der Waals surface area contributed by atoms with E-state index in [1.807, 2.05) is 35.0 Å². The van der Waals surface area contributed by atoms with Crippen molar-refractivity contribution in [3.05, 3.63) is 76.6 Å². The second kappa shape index (κ2) is 8.77. The fourth-order valence-electron chi connectivity index (χ4n) is 3.44. The fraction of sp³-hybridized carbons (Fsp3) is 0.174. The molecule has 0 atom stereocenters. The maximum atomic E-state index is 14.2. The Kier molecular flexibility index (Phi) is 5.90. The van der Waals surface area contributed by atoms with Crippen molar-refractivity contribution in [2.24, 2.45) is 0 Å². The molecule has 4 rings (SSSR count). The van der Waals surface area contributed by atoms with Gasteiger partial charge in [-0.3, -0.25) is 19.3 Å². The van der Waals surface area contributed by atoms with E-state index in [9.17, 15) is 18.8 Å². The van der Waals surface area contributed by atoms with Crippen molar-refractivity contribution in [2.45, 2.75) is 13.5 Å². The number of imide groups is 1. The van der Waals surface area contributed by atoms with Gasteiger partial charge < -0.3 is 9.30 Å². The lowest BCUT2D eigenvalue weighted by Crippen LogP contribution is -2.34. The first-order chi connectivity index (χ1) is 15.0. The number of carbonyl (C=O) groups excluding carboxylic acids is 3. The Hall–Kier alpha value is -3.39. The molecule has 1 aliphatic heterocycles. The average molecular weight is 438 g/mol. The molecule has 6 nitrogen and oxygen atoms in total. The van der Waals surface area contributed by atoms with E-state index in [4.69, 9.17) is 4.74 Å². The van der Waals surface area contributed by atoms with E-state index < -0.39 is 23.7 Å². The van der Waals surface area contributed by atoms with E-state index in [1.165, 1.54) is 6.07 Å². The minimum absolute atomic E-state index is 0.173. The van der Waals surface area contributed by atoms with Gasteiger partial charge in [-0.15, -0.1) is 0 Å². The molecule has 0 spiro atoms. The van der Waals surface area contributed by atoms with Gasteiger partial charge in [0.2, 0.25) is 0 Å². The smallest absolute Gasteiger partial charge is 0.326 e. The number of fused-ring (bicyclic) bond motifs is 1. The first kappa shape index (κ1) is 20.9. The number of para-hydroxylation sites is 1. The first-order valence-electron chi connectivity index (χ1n) is 9.70. The number of esters is 1. The quantitative estimate of drug-likeness (QED) is 0.421. The third-order valence-corrected chi connectivity index (χ3v) is 5.78. The van der Waals surface area contributed by atoms with Gasteiger partial charge in [-0.1, -0.05) is 36.4 Å². The van der Waals surface area contributed by atoms with Crippen molar-refractivity contribution < 1.29 is 23.5 Å². The van der Waals surface area contributed by atoms with Crippen molar-refractivity contribution in [1.29, 1.82) is 0 Å². The Morgan fingerprint density at radius 3 is 2.65 bits per heavy atom. The highest BCUT2D eigenvalue weighted by Crippen LogP contribution is 2.34. The zero-order chi connectivity index (χ0) is 22.0. The molecular formula is C23H19FN2O4S. The van der Waals surface area contributed by atoms with Gasteiger partial charge in [-0.25, -0.2) is 4.39 Å². The van der Waals surface area contributed by atoms with E-state index >= 15 is 0 Å². The number of halogens is 1. The Bertz CT molecular complexity index is 1220. The molecule has 2 aromatic carbocycles. The molecule has 0 N–H and O–H groups in total. The summed E-state index contributed by atoms with van der Waals surface area (Å²) in [6.45, 7) is 1.74. The van der Waals surface area contributed by atoms with Gasteiger partial charge in [-0.05, 0) is 36.9 Å². The second-order valence-electron chi connectivity index (χ2n) is 6.89. The van der Waals surface area contributed by atoms with Gasteiger partial charge in [-0.2, -0.15) is 0 Å². The van der Waals surface area contributed by atoms with Gasteiger partial charge in [0.05, 0.1) is 18.1 Å². The van der Waals surface area contributed by atoms with E-state index in [0.717, 1.165) is 33.1 Å². The summed E-state index contributed by atoms with van der Waals surface area (Å²) in [4.78, 5) is 37.7. The number of nitrogens with zero attached hydrogens (tertiary/aromatic N) is 2. The van der Waals surface area contributed by atoms with Crippen molar-refractivity contribution in [3.8, 4) is 0 Å². The van der Waals surface area contributed by atoms with E-state index in [0.29, 0.717) is 12.1 Å². The van der Waals surface area contributed by atoms with E-state index in [1.54, 1.807) is 31.2 Å². The highest BCUT2D eigenvalue weighted by molar-refractivity contribution is 8.18. The number of hydrogen-bond donors (Lipinski definition) is 0. The van der Waals surface area contributed by atoms with E-state index in [-0.39, 0.29) is 17.3 Å². The summed E-state index contributed by atoms with van der Waals surface area (Å²) in [6, 6.07) is 14.2. The summed E-state index contributed by atoms with van der Waals surface area (Å²) < 4.78 is 20.9. The molecule has 158 valence electrons. The van der Waals surface area contributed by atoms with Crippen LogP contribution in [0.1, 0.15) is 18.1 Å². The lowest BCUT2D eigenvalue weighted by atomic mass is 10.1. The summed E-state index contributed by atoms with van der Waals surface area (Å²) in [7, 11) is 0. The Balaban J connectivity index is 1.67. The average Bonchev–Trinajstić information content (AvgIpc) is 3.22. The van der Waals surface area contributed by atoms with Crippen LogP contribution >= 0.6 is 11.8 Å². The molecule has 0 aliphatic carbocycles. The van der Waals surface area contributed by atoms with Gasteiger partial charge >= 0.3 is 5.97 Å². The zero-order valence-corrected chi connectivity index (χ0v) is 17.5. The number of ether oxygens (including phenoxy) is 1. The molecule has 1 saturated heterocycles. The molecule has 2 amide bonds.